The van der Waals surface area contributed by atoms with E-state index in [4.69, 9.17) is 5.41 Å². The Morgan fingerprint density at radius 2 is 2.07 bits per heavy atom. The van der Waals surface area contributed by atoms with E-state index in [1.807, 2.05) is 28.5 Å². The molecule has 15 heavy (non-hydrogen) atoms. The number of rotatable bonds is 1. The maximum atomic E-state index is 8.09. The number of nitrogens with one attached hydrogen (secondary N) is 1. The number of benzene rings is 1. The first-order valence-corrected chi connectivity index (χ1v) is 5.77. The molecule has 0 saturated carbocycles. The molecular weight excluding hydrogens is 204 g/mol. The summed E-state index contributed by atoms with van der Waals surface area (Å²) in [6.45, 7) is 0.825. The molecule has 3 rings (SSSR count). The van der Waals surface area contributed by atoms with Gasteiger partial charge in [-0.3, -0.25) is 5.41 Å². The minimum Gasteiger partial charge on any atom is -0.321 e. The van der Waals surface area contributed by atoms with Gasteiger partial charge in [0.1, 0.15) is 5.84 Å². The first-order chi connectivity index (χ1) is 7.36. The van der Waals surface area contributed by atoms with Crippen LogP contribution in [0.15, 0.2) is 41.1 Å². The fraction of sp³-hybridized carbons (Fsp3) is 0.0833. The zero-order valence-electron chi connectivity index (χ0n) is 8.10. The number of hydrogen-bond donors (Lipinski definition) is 1. The molecule has 0 aliphatic carbocycles. The van der Waals surface area contributed by atoms with Gasteiger partial charge in [0.25, 0.3) is 0 Å². The molecule has 1 aliphatic heterocycles. The summed E-state index contributed by atoms with van der Waals surface area (Å²) < 4.78 is 0. The Balaban J connectivity index is 2.04. The molecule has 1 aromatic heterocycles. The van der Waals surface area contributed by atoms with Crippen molar-refractivity contribution in [3.05, 3.63) is 52.2 Å². The minimum atomic E-state index is 0.615. The van der Waals surface area contributed by atoms with E-state index in [9.17, 15) is 0 Å². The van der Waals surface area contributed by atoms with Crippen molar-refractivity contribution in [2.75, 3.05) is 4.90 Å². The van der Waals surface area contributed by atoms with Crippen molar-refractivity contribution in [3.8, 4) is 0 Å². The topological polar surface area (TPSA) is 27.1 Å². The van der Waals surface area contributed by atoms with E-state index in [0.717, 1.165) is 17.8 Å². The molecule has 0 radical (unpaired) electrons. The molecule has 0 spiro atoms. The molecule has 74 valence electrons. The van der Waals surface area contributed by atoms with Crippen LogP contribution in [0.1, 0.15) is 11.1 Å². The lowest BCUT2D eigenvalue weighted by molar-refractivity contribution is 1.05. The summed E-state index contributed by atoms with van der Waals surface area (Å²) in [6.07, 6.45) is 0. The largest absolute Gasteiger partial charge is 0.321 e. The van der Waals surface area contributed by atoms with Crippen LogP contribution < -0.4 is 4.90 Å². The second-order valence-corrected chi connectivity index (χ2v) is 4.35. The van der Waals surface area contributed by atoms with Gasteiger partial charge in [-0.25, -0.2) is 0 Å². The summed E-state index contributed by atoms with van der Waals surface area (Å²) >= 11 is 1.67. The second-order valence-electron chi connectivity index (χ2n) is 3.57. The maximum Gasteiger partial charge on any atom is 0.133 e. The predicted octanol–water partition coefficient (Wildman–Crippen LogP) is 3.09. The molecule has 2 heterocycles. The second kappa shape index (κ2) is 3.21. The van der Waals surface area contributed by atoms with Gasteiger partial charge < -0.3 is 4.90 Å². The van der Waals surface area contributed by atoms with Crippen LogP contribution in [-0.2, 0) is 6.54 Å². The molecule has 3 heteroatoms. The van der Waals surface area contributed by atoms with Crippen LogP contribution in [0.4, 0.5) is 5.69 Å². The van der Waals surface area contributed by atoms with Crippen LogP contribution in [0.5, 0.6) is 0 Å². The fourth-order valence-corrected chi connectivity index (χ4v) is 2.56. The van der Waals surface area contributed by atoms with Crippen LogP contribution in [0.3, 0.4) is 0 Å². The smallest absolute Gasteiger partial charge is 0.133 e. The molecule has 1 N–H and O–H groups in total. The molecule has 1 aromatic carbocycles. The lowest BCUT2D eigenvalue weighted by atomic mass is 10.1. The highest BCUT2D eigenvalue weighted by Gasteiger charge is 2.24. The summed E-state index contributed by atoms with van der Waals surface area (Å²) in [7, 11) is 0. The Hall–Kier alpha value is -1.61. The fourth-order valence-electron chi connectivity index (χ4n) is 1.92. The predicted molar refractivity (Wildman–Crippen MR) is 63.8 cm³/mol. The van der Waals surface area contributed by atoms with Gasteiger partial charge in [0, 0.05) is 10.9 Å². The lowest BCUT2D eigenvalue weighted by Crippen LogP contribution is -2.22. The van der Waals surface area contributed by atoms with Crippen molar-refractivity contribution in [3.63, 3.8) is 0 Å². The van der Waals surface area contributed by atoms with Crippen molar-refractivity contribution in [1.82, 2.24) is 0 Å². The maximum absolute atomic E-state index is 8.09. The lowest BCUT2D eigenvalue weighted by Gasteiger charge is -2.15. The standard InChI is InChI=1S/C12H10N2S/c13-12-11-4-2-1-3-9(11)7-14(12)10-5-6-15-8-10/h1-6,8,13H,7H2. The van der Waals surface area contributed by atoms with Crippen LogP contribution in [0.25, 0.3) is 0 Å². The van der Waals surface area contributed by atoms with Crippen LogP contribution in [-0.4, -0.2) is 5.84 Å². The van der Waals surface area contributed by atoms with E-state index in [-0.39, 0.29) is 0 Å². The van der Waals surface area contributed by atoms with Gasteiger partial charge in [-0.05, 0) is 17.0 Å². The van der Waals surface area contributed by atoms with E-state index in [1.54, 1.807) is 11.3 Å². The van der Waals surface area contributed by atoms with Crippen molar-refractivity contribution in [2.24, 2.45) is 0 Å². The summed E-state index contributed by atoms with van der Waals surface area (Å²) in [4.78, 5) is 2.04. The third-order valence-corrected chi connectivity index (χ3v) is 3.36. The zero-order chi connectivity index (χ0) is 10.3. The zero-order valence-corrected chi connectivity index (χ0v) is 8.92. The molecule has 0 unspecified atom stereocenters. The van der Waals surface area contributed by atoms with Gasteiger partial charge in [-0.1, -0.05) is 24.3 Å². The third-order valence-electron chi connectivity index (χ3n) is 2.69. The molecule has 0 amide bonds. The monoisotopic (exact) mass is 214 g/mol. The first kappa shape index (κ1) is 8.68. The van der Waals surface area contributed by atoms with E-state index in [1.165, 1.54) is 5.56 Å². The Kier molecular flexibility index (Phi) is 1.86. The number of nitrogens with zero attached hydrogens (tertiary/aromatic N) is 1. The molecule has 0 bridgehead atoms. The highest BCUT2D eigenvalue weighted by atomic mass is 32.1. The summed E-state index contributed by atoms with van der Waals surface area (Å²) in [6, 6.07) is 10.2. The van der Waals surface area contributed by atoms with Gasteiger partial charge in [0.2, 0.25) is 0 Å². The number of fused-ring (bicyclic) bond motifs is 1. The number of thiophene rings is 1. The van der Waals surface area contributed by atoms with Gasteiger partial charge in [-0.2, -0.15) is 11.3 Å². The normalized spacial score (nSPS) is 14.4. The Labute approximate surface area is 92.3 Å². The average Bonchev–Trinajstić information content (AvgIpc) is 2.87. The summed E-state index contributed by atoms with van der Waals surface area (Å²) in [5.74, 6) is 0.615. The van der Waals surface area contributed by atoms with E-state index in [2.05, 4.69) is 17.5 Å². The van der Waals surface area contributed by atoms with Crippen LogP contribution in [0.2, 0.25) is 0 Å². The van der Waals surface area contributed by atoms with Gasteiger partial charge >= 0.3 is 0 Å². The molecule has 2 aromatic rings. The summed E-state index contributed by atoms with van der Waals surface area (Å²) in [5, 5.41) is 12.2. The molecule has 0 fully saturated rings. The minimum absolute atomic E-state index is 0.615. The number of amidine groups is 1. The highest BCUT2D eigenvalue weighted by Crippen LogP contribution is 2.29. The van der Waals surface area contributed by atoms with E-state index in [0.29, 0.717) is 5.84 Å². The molecule has 0 atom stereocenters. The summed E-state index contributed by atoms with van der Waals surface area (Å²) in [5.41, 5.74) is 3.43. The highest BCUT2D eigenvalue weighted by molar-refractivity contribution is 7.08. The molecule has 1 aliphatic rings. The Morgan fingerprint density at radius 3 is 2.80 bits per heavy atom. The van der Waals surface area contributed by atoms with Gasteiger partial charge in [0.05, 0.1) is 12.2 Å². The quantitative estimate of drug-likeness (QED) is 0.776. The van der Waals surface area contributed by atoms with Crippen molar-refractivity contribution in [1.29, 1.82) is 5.41 Å². The van der Waals surface area contributed by atoms with Gasteiger partial charge in [-0.15, -0.1) is 0 Å². The van der Waals surface area contributed by atoms with Crippen molar-refractivity contribution < 1.29 is 0 Å². The van der Waals surface area contributed by atoms with E-state index >= 15 is 0 Å². The molecular formula is C12H10N2S. The molecule has 2 nitrogen and oxygen atoms in total. The van der Waals surface area contributed by atoms with E-state index < -0.39 is 0 Å². The first-order valence-electron chi connectivity index (χ1n) is 4.83. The van der Waals surface area contributed by atoms with Crippen LogP contribution in [0, 0.1) is 5.41 Å². The Morgan fingerprint density at radius 1 is 1.20 bits per heavy atom. The SMILES string of the molecule is N=C1c2ccccc2CN1c1ccsc1. The Bertz CT molecular complexity index is 502. The average molecular weight is 214 g/mol. The number of hydrogen-bond acceptors (Lipinski definition) is 2. The van der Waals surface area contributed by atoms with Crippen molar-refractivity contribution in [2.45, 2.75) is 6.54 Å². The molecule has 0 saturated heterocycles. The third kappa shape index (κ3) is 1.27. The van der Waals surface area contributed by atoms with Crippen LogP contribution >= 0.6 is 11.3 Å². The van der Waals surface area contributed by atoms with Gasteiger partial charge in [0.15, 0.2) is 0 Å². The van der Waals surface area contributed by atoms with Crippen molar-refractivity contribution >= 4 is 22.9 Å². The number of anilines is 1.